The monoisotopic (exact) mass is 490 g/mol. The van der Waals surface area contributed by atoms with E-state index in [-0.39, 0.29) is 17.8 Å². The first-order chi connectivity index (χ1) is 16.7. The number of aryl methyl sites for hydroxylation is 2. The number of ketones is 1. The Kier molecular flexibility index (Phi) is 7.37. The van der Waals surface area contributed by atoms with Crippen LogP contribution in [0.4, 0.5) is 11.6 Å². The van der Waals surface area contributed by atoms with E-state index >= 15 is 0 Å². The second-order valence-electron chi connectivity index (χ2n) is 9.45. The van der Waals surface area contributed by atoms with E-state index in [1.165, 1.54) is 17.7 Å². The van der Waals surface area contributed by atoms with Gasteiger partial charge in [-0.25, -0.2) is 15.0 Å². The first-order valence-electron chi connectivity index (χ1n) is 11.6. The van der Waals surface area contributed by atoms with Crippen molar-refractivity contribution in [2.24, 2.45) is 0 Å². The fourth-order valence-electron chi connectivity index (χ4n) is 3.63. The Hall–Kier alpha value is -3.43. The number of nitrogens with one attached hydrogen (secondary N) is 1. The van der Waals surface area contributed by atoms with Crippen LogP contribution in [0.3, 0.4) is 0 Å². The number of aromatic nitrogens is 5. The number of thiazole rings is 1. The molecule has 0 saturated carbocycles. The predicted molar refractivity (Wildman–Crippen MR) is 138 cm³/mol. The Morgan fingerprint density at radius 2 is 1.94 bits per heavy atom. The molecule has 0 aliphatic carbocycles. The molecule has 3 heterocycles. The van der Waals surface area contributed by atoms with Crippen LogP contribution in [0.15, 0.2) is 49.1 Å². The van der Waals surface area contributed by atoms with Crippen LogP contribution in [0.25, 0.3) is 11.3 Å². The maximum absolute atomic E-state index is 12.7. The van der Waals surface area contributed by atoms with Crippen LogP contribution in [0.1, 0.15) is 53.0 Å². The summed E-state index contributed by atoms with van der Waals surface area (Å²) in [5.41, 5.74) is 3.98. The minimum Gasteiger partial charge on any atom is -0.394 e. The molecule has 4 aromatic rings. The van der Waals surface area contributed by atoms with Gasteiger partial charge in [0.15, 0.2) is 11.6 Å². The molecule has 0 spiro atoms. The number of rotatable bonds is 9. The summed E-state index contributed by atoms with van der Waals surface area (Å²) >= 11 is 1.49. The smallest absolute Gasteiger partial charge is 0.174 e. The molecule has 4 rings (SSSR count). The Morgan fingerprint density at radius 1 is 1.11 bits per heavy atom. The SMILES string of the molecule is Cc1cc(-c2cc(Nc3ccn(CCO)n3)ncn2)ccc1CCC(=O)c1cnc(C(C)(C)C)s1. The van der Waals surface area contributed by atoms with Gasteiger partial charge in [0, 0.05) is 41.9 Å². The third-order valence-electron chi connectivity index (χ3n) is 5.57. The van der Waals surface area contributed by atoms with Gasteiger partial charge in [-0.2, -0.15) is 5.10 Å². The van der Waals surface area contributed by atoms with E-state index < -0.39 is 0 Å². The van der Waals surface area contributed by atoms with Crippen molar-refractivity contribution in [2.45, 2.75) is 52.5 Å². The summed E-state index contributed by atoms with van der Waals surface area (Å²) in [4.78, 5) is 26.6. The number of benzene rings is 1. The summed E-state index contributed by atoms with van der Waals surface area (Å²) < 4.78 is 1.66. The average Bonchev–Trinajstić information content (AvgIpc) is 3.49. The Labute approximate surface area is 209 Å². The fourth-order valence-corrected chi connectivity index (χ4v) is 4.57. The van der Waals surface area contributed by atoms with Crippen LogP contribution < -0.4 is 5.32 Å². The molecule has 9 heteroatoms. The lowest BCUT2D eigenvalue weighted by molar-refractivity contribution is 0.0986. The largest absolute Gasteiger partial charge is 0.394 e. The number of nitrogens with zero attached hydrogens (tertiary/aromatic N) is 5. The molecule has 182 valence electrons. The molecule has 0 amide bonds. The summed E-state index contributed by atoms with van der Waals surface area (Å²) in [6.07, 6.45) is 6.16. The summed E-state index contributed by atoms with van der Waals surface area (Å²) in [5.74, 6) is 1.42. The molecule has 0 saturated heterocycles. The molecular formula is C26H30N6O2S. The number of Topliss-reactive ketones (excluding diaryl/α,β-unsaturated/α-hetero) is 1. The van der Waals surface area contributed by atoms with Gasteiger partial charge >= 0.3 is 0 Å². The highest BCUT2D eigenvalue weighted by Gasteiger charge is 2.20. The number of anilines is 2. The maximum Gasteiger partial charge on any atom is 0.174 e. The topological polar surface area (TPSA) is 106 Å². The van der Waals surface area contributed by atoms with Gasteiger partial charge < -0.3 is 10.4 Å². The van der Waals surface area contributed by atoms with Gasteiger partial charge in [0.2, 0.25) is 0 Å². The highest BCUT2D eigenvalue weighted by Crippen LogP contribution is 2.28. The van der Waals surface area contributed by atoms with Gasteiger partial charge in [0.05, 0.1) is 28.7 Å². The third kappa shape index (κ3) is 6.17. The van der Waals surface area contributed by atoms with Crippen molar-refractivity contribution in [2.75, 3.05) is 11.9 Å². The van der Waals surface area contributed by atoms with Crippen molar-refractivity contribution in [3.63, 3.8) is 0 Å². The van der Waals surface area contributed by atoms with E-state index in [0.29, 0.717) is 31.0 Å². The van der Waals surface area contributed by atoms with Crippen LogP contribution in [0, 0.1) is 6.92 Å². The number of aliphatic hydroxyl groups is 1. The summed E-state index contributed by atoms with van der Waals surface area (Å²) in [5, 5.41) is 17.5. The van der Waals surface area contributed by atoms with Crippen LogP contribution in [0.5, 0.6) is 0 Å². The molecule has 2 N–H and O–H groups in total. The van der Waals surface area contributed by atoms with Gasteiger partial charge in [-0.1, -0.05) is 32.9 Å². The first kappa shape index (κ1) is 24.7. The highest BCUT2D eigenvalue weighted by atomic mass is 32.1. The van der Waals surface area contributed by atoms with E-state index in [2.05, 4.69) is 65.2 Å². The number of carbonyl (C=O) groups excluding carboxylic acids is 1. The van der Waals surface area contributed by atoms with Crippen LogP contribution >= 0.6 is 11.3 Å². The molecule has 8 nitrogen and oxygen atoms in total. The summed E-state index contributed by atoms with van der Waals surface area (Å²) in [7, 11) is 0. The quantitative estimate of drug-likeness (QED) is 0.320. The van der Waals surface area contributed by atoms with Gasteiger partial charge in [0.25, 0.3) is 0 Å². The number of carbonyl (C=O) groups is 1. The van der Waals surface area contributed by atoms with Gasteiger partial charge in [-0.05, 0) is 30.5 Å². The fraction of sp³-hybridized carbons (Fsp3) is 0.346. The number of hydrogen-bond acceptors (Lipinski definition) is 8. The first-order valence-corrected chi connectivity index (χ1v) is 12.4. The normalized spacial score (nSPS) is 11.6. The van der Waals surface area contributed by atoms with E-state index in [1.54, 1.807) is 17.1 Å². The number of aliphatic hydroxyl groups excluding tert-OH is 1. The molecular weight excluding hydrogens is 460 g/mol. The van der Waals surface area contributed by atoms with E-state index in [1.807, 2.05) is 18.2 Å². The molecule has 1 aromatic carbocycles. The Bertz CT molecular complexity index is 1320. The van der Waals surface area contributed by atoms with Gasteiger partial charge in [-0.15, -0.1) is 11.3 Å². The van der Waals surface area contributed by atoms with E-state index in [9.17, 15) is 4.79 Å². The molecule has 0 aliphatic rings. The molecule has 3 aromatic heterocycles. The predicted octanol–water partition coefficient (Wildman–Crippen LogP) is 4.95. The molecule has 0 atom stereocenters. The lowest BCUT2D eigenvalue weighted by Crippen LogP contribution is -2.09. The van der Waals surface area contributed by atoms with Gasteiger partial charge in [0.1, 0.15) is 12.1 Å². The zero-order chi connectivity index (χ0) is 25.0. The molecule has 0 radical (unpaired) electrons. The lowest BCUT2D eigenvalue weighted by Gasteiger charge is -2.13. The van der Waals surface area contributed by atoms with Crippen molar-refractivity contribution in [3.05, 3.63) is 70.1 Å². The number of hydrogen-bond donors (Lipinski definition) is 2. The molecule has 0 aliphatic heterocycles. The second kappa shape index (κ2) is 10.5. The van der Waals surface area contributed by atoms with Gasteiger partial charge in [-0.3, -0.25) is 9.48 Å². The molecule has 0 fully saturated rings. The van der Waals surface area contributed by atoms with E-state index in [4.69, 9.17) is 5.11 Å². The highest BCUT2D eigenvalue weighted by molar-refractivity contribution is 7.13. The second-order valence-corrected chi connectivity index (χ2v) is 10.5. The zero-order valence-electron chi connectivity index (χ0n) is 20.4. The van der Waals surface area contributed by atoms with Crippen LogP contribution in [0.2, 0.25) is 0 Å². The van der Waals surface area contributed by atoms with Crippen molar-refractivity contribution in [3.8, 4) is 11.3 Å². The summed E-state index contributed by atoms with van der Waals surface area (Å²) in [6, 6.07) is 9.88. The minimum absolute atomic E-state index is 0.0334. The van der Waals surface area contributed by atoms with Crippen LogP contribution in [-0.2, 0) is 18.4 Å². The standard InChI is InChI=1S/C26H30N6O2S/c1-17-13-19(20-14-24(29-16-28-20)30-23-9-10-32(31-23)11-12-33)6-5-18(17)7-8-21(34)22-15-27-25(35-22)26(2,3)4/h5-6,9-10,13-16,33H,7-8,11-12H2,1-4H3,(H,28,29,30,31). The van der Waals surface area contributed by atoms with Crippen molar-refractivity contribution in [1.82, 2.24) is 24.7 Å². The third-order valence-corrected chi connectivity index (χ3v) is 7.04. The Balaban J connectivity index is 1.42. The lowest BCUT2D eigenvalue weighted by atomic mass is 9.98. The molecule has 0 bridgehead atoms. The van der Waals surface area contributed by atoms with Crippen molar-refractivity contribution in [1.29, 1.82) is 0 Å². The minimum atomic E-state index is -0.0481. The zero-order valence-corrected chi connectivity index (χ0v) is 21.3. The molecule has 0 unspecified atom stereocenters. The van der Waals surface area contributed by atoms with Crippen molar-refractivity contribution >= 4 is 28.8 Å². The maximum atomic E-state index is 12.7. The van der Waals surface area contributed by atoms with Crippen LogP contribution in [-0.4, -0.2) is 42.2 Å². The summed E-state index contributed by atoms with van der Waals surface area (Å²) in [6.45, 7) is 8.85. The molecule has 35 heavy (non-hydrogen) atoms. The van der Waals surface area contributed by atoms with E-state index in [0.717, 1.165) is 32.3 Å². The average molecular weight is 491 g/mol. The Morgan fingerprint density at radius 3 is 2.66 bits per heavy atom. The van der Waals surface area contributed by atoms with Crippen molar-refractivity contribution < 1.29 is 9.90 Å².